The molecule has 0 bridgehead atoms. The minimum Gasteiger partial charge on any atom is -0.374 e. The Kier molecular flexibility index (Phi) is 6.00. The monoisotopic (exact) mass is 386 g/mol. The van der Waals surface area contributed by atoms with Crippen LogP contribution in [0.2, 0.25) is 5.02 Å². The van der Waals surface area contributed by atoms with Gasteiger partial charge in [0.2, 0.25) is 5.13 Å². The second-order valence-corrected chi connectivity index (χ2v) is 7.12. The summed E-state index contributed by atoms with van der Waals surface area (Å²) in [7, 11) is 3.64. The van der Waals surface area contributed by atoms with Gasteiger partial charge in [-0.3, -0.25) is 10.3 Å². The van der Waals surface area contributed by atoms with E-state index < -0.39 is 6.23 Å². The van der Waals surface area contributed by atoms with E-state index in [1.165, 1.54) is 11.3 Å². The van der Waals surface area contributed by atoms with E-state index in [-0.39, 0.29) is 0 Å². The minimum atomic E-state index is -0.690. The summed E-state index contributed by atoms with van der Waals surface area (Å²) in [6, 6.07) is 15.2. The molecule has 5 nitrogen and oxygen atoms in total. The Hall–Kier alpha value is -2.25. The van der Waals surface area contributed by atoms with Gasteiger partial charge < -0.3 is 5.11 Å². The summed E-state index contributed by atoms with van der Waals surface area (Å²) in [5.41, 5.74) is 6.26. The third-order valence-corrected chi connectivity index (χ3v) is 4.86. The number of rotatable bonds is 6. The topological polar surface area (TPSA) is 60.8 Å². The Labute approximate surface area is 161 Å². The van der Waals surface area contributed by atoms with Crippen molar-refractivity contribution in [3.8, 4) is 11.3 Å². The first kappa shape index (κ1) is 18.5. The zero-order valence-electron chi connectivity index (χ0n) is 14.4. The van der Waals surface area contributed by atoms with E-state index in [0.717, 1.165) is 22.4 Å². The van der Waals surface area contributed by atoms with Gasteiger partial charge in [0, 0.05) is 27.1 Å². The van der Waals surface area contributed by atoms with E-state index in [4.69, 9.17) is 11.6 Å². The molecule has 0 radical (unpaired) electrons. The lowest BCUT2D eigenvalue weighted by atomic mass is 10.1. The number of nitrogens with zero attached hydrogens (tertiary/aromatic N) is 3. The molecule has 0 aliphatic carbocycles. The fourth-order valence-electron chi connectivity index (χ4n) is 2.42. The van der Waals surface area contributed by atoms with Crippen molar-refractivity contribution in [1.29, 1.82) is 0 Å². The van der Waals surface area contributed by atoms with Gasteiger partial charge >= 0.3 is 0 Å². The number of thiazole rings is 1. The number of halogens is 1. The van der Waals surface area contributed by atoms with Crippen LogP contribution in [0.4, 0.5) is 5.13 Å². The second-order valence-electron chi connectivity index (χ2n) is 5.85. The van der Waals surface area contributed by atoms with Gasteiger partial charge in [-0.1, -0.05) is 54.1 Å². The molecule has 1 heterocycles. The maximum atomic E-state index is 10.3. The number of aromatic nitrogens is 1. The lowest BCUT2D eigenvalue weighted by molar-refractivity contribution is 0.0394. The van der Waals surface area contributed by atoms with Gasteiger partial charge in [0.25, 0.3) is 0 Å². The molecule has 2 N–H and O–H groups in total. The van der Waals surface area contributed by atoms with Crippen molar-refractivity contribution in [3.05, 3.63) is 70.1 Å². The van der Waals surface area contributed by atoms with Crippen molar-refractivity contribution < 1.29 is 5.11 Å². The highest BCUT2D eigenvalue weighted by Crippen LogP contribution is 2.30. The van der Waals surface area contributed by atoms with Gasteiger partial charge in [-0.15, -0.1) is 11.3 Å². The number of nitrogens with one attached hydrogen (secondary N) is 1. The van der Waals surface area contributed by atoms with Crippen molar-refractivity contribution in [2.24, 2.45) is 5.10 Å². The maximum Gasteiger partial charge on any atom is 0.203 e. The predicted molar refractivity (Wildman–Crippen MR) is 109 cm³/mol. The van der Waals surface area contributed by atoms with Crippen molar-refractivity contribution in [1.82, 2.24) is 9.88 Å². The van der Waals surface area contributed by atoms with Crippen LogP contribution in [0.1, 0.15) is 17.4 Å². The molecule has 0 amide bonds. The number of hydrogen-bond donors (Lipinski definition) is 2. The number of hydrogen-bond acceptors (Lipinski definition) is 6. The summed E-state index contributed by atoms with van der Waals surface area (Å²) in [6.07, 6.45) is 0.989. The highest BCUT2D eigenvalue weighted by atomic mass is 35.5. The molecule has 1 atom stereocenters. The van der Waals surface area contributed by atoms with Gasteiger partial charge in [-0.25, -0.2) is 4.98 Å². The molecule has 1 unspecified atom stereocenters. The summed E-state index contributed by atoms with van der Waals surface area (Å²) in [6.45, 7) is 0. The first-order valence-electron chi connectivity index (χ1n) is 7.99. The van der Waals surface area contributed by atoms with Crippen LogP contribution >= 0.6 is 22.9 Å². The summed E-state index contributed by atoms with van der Waals surface area (Å²) < 4.78 is 0. The molecule has 0 spiro atoms. The van der Waals surface area contributed by atoms with E-state index in [1.807, 2.05) is 68.0 Å². The molecule has 26 heavy (non-hydrogen) atoms. The Bertz CT molecular complexity index is 910. The van der Waals surface area contributed by atoms with Gasteiger partial charge in [-0.2, -0.15) is 5.10 Å². The quantitative estimate of drug-likeness (QED) is 0.373. The van der Waals surface area contributed by atoms with Gasteiger partial charge in [0.15, 0.2) is 0 Å². The standard InChI is InChI=1S/C19H19ClN4OS/c1-24(2)18(25)14-8-4-3-7-13(14)11-21-23-19-22-17(12-26-19)15-9-5-6-10-16(15)20/h3-12,18,25H,1-2H3,(H,22,23)/b21-11+. The van der Waals surface area contributed by atoms with Crippen LogP contribution in [-0.4, -0.2) is 35.3 Å². The van der Waals surface area contributed by atoms with Crippen molar-refractivity contribution in [2.45, 2.75) is 6.23 Å². The molecule has 1 aromatic heterocycles. The van der Waals surface area contributed by atoms with E-state index in [0.29, 0.717) is 10.2 Å². The van der Waals surface area contributed by atoms with Crippen LogP contribution in [-0.2, 0) is 0 Å². The highest BCUT2D eigenvalue weighted by Gasteiger charge is 2.12. The molecule has 7 heteroatoms. The van der Waals surface area contributed by atoms with Crippen LogP contribution < -0.4 is 5.43 Å². The van der Waals surface area contributed by atoms with Crippen molar-refractivity contribution >= 4 is 34.3 Å². The first-order chi connectivity index (χ1) is 12.6. The molecular weight excluding hydrogens is 368 g/mol. The van der Waals surface area contributed by atoms with Gasteiger partial charge in [0.05, 0.1) is 11.9 Å². The Balaban J connectivity index is 1.74. The Morgan fingerprint density at radius 3 is 2.69 bits per heavy atom. The number of benzene rings is 2. The second kappa shape index (κ2) is 8.42. The molecule has 0 aliphatic rings. The van der Waals surface area contributed by atoms with E-state index >= 15 is 0 Å². The lowest BCUT2D eigenvalue weighted by Gasteiger charge is -2.20. The molecule has 0 aliphatic heterocycles. The number of anilines is 1. The maximum absolute atomic E-state index is 10.3. The van der Waals surface area contributed by atoms with Gasteiger partial charge in [0.1, 0.15) is 6.23 Å². The predicted octanol–water partition coefficient (Wildman–Crippen LogP) is 4.46. The fourth-order valence-corrected chi connectivity index (χ4v) is 3.31. The molecule has 2 aromatic carbocycles. The summed E-state index contributed by atoms with van der Waals surface area (Å²) >= 11 is 7.66. The summed E-state index contributed by atoms with van der Waals surface area (Å²) in [4.78, 5) is 6.24. The Morgan fingerprint density at radius 1 is 1.19 bits per heavy atom. The average Bonchev–Trinajstić information content (AvgIpc) is 3.10. The smallest absolute Gasteiger partial charge is 0.203 e. The summed E-state index contributed by atoms with van der Waals surface area (Å²) in [5.74, 6) is 0. The number of aliphatic hydroxyl groups excluding tert-OH is 1. The van der Waals surface area contributed by atoms with Crippen LogP contribution in [0.3, 0.4) is 0 Å². The Morgan fingerprint density at radius 2 is 1.92 bits per heavy atom. The third-order valence-electron chi connectivity index (χ3n) is 3.78. The summed E-state index contributed by atoms with van der Waals surface area (Å²) in [5, 5.41) is 17.8. The van der Waals surface area contributed by atoms with Crippen molar-refractivity contribution in [3.63, 3.8) is 0 Å². The largest absolute Gasteiger partial charge is 0.374 e. The van der Waals surface area contributed by atoms with E-state index in [2.05, 4.69) is 15.5 Å². The molecule has 3 aromatic rings. The number of aliphatic hydroxyl groups is 1. The highest BCUT2D eigenvalue weighted by molar-refractivity contribution is 7.14. The normalized spacial score (nSPS) is 12.7. The first-order valence-corrected chi connectivity index (χ1v) is 9.25. The van der Waals surface area contributed by atoms with Crippen LogP contribution in [0.25, 0.3) is 11.3 Å². The zero-order valence-corrected chi connectivity index (χ0v) is 16.0. The average molecular weight is 387 g/mol. The zero-order chi connectivity index (χ0) is 18.5. The lowest BCUT2D eigenvalue weighted by Crippen LogP contribution is -2.20. The molecule has 134 valence electrons. The number of hydrazone groups is 1. The third kappa shape index (κ3) is 4.28. The van der Waals surface area contributed by atoms with E-state index in [1.54, 1.807) is 11.1 Å². The van der Waals surface area contributed by atoms with E-state index in [9.17, 15) is 5.11 Å². The van der Waals surface area contributed by atoms with Crippen molar-refractivity contribution in [2.75, 3.05) is 19.5 Å². The molecule has 0 saturated heterocycles. The van der Waals surface area contributed by atoms with Crippen LogP contribution in [0, 0.1) is 0 Å². The fraction of sp³-hybridized carbons (Fsp3) is 0.158. The van der Waals surface area contributed by atoms with Gasteiger partial charge in [-0.05, 0) is 20.2 Å². The molecular formula is C19H19ClN4OS. The molecule has 3 rings (SSSR count). The van der Waals surface area contributed by atoms with Crippen LogP contribution in [0.5, 0.6) is 0 Å². The molecule has 0 fully saturated rings. The molecule has 0 saturated carbocycles. The SMILES string of the molecule is CN(C)C(O)c1ccccc1/C=N/Nc1nc(-c2ccccc2Cl)cs1. The van der Waals surface area contributed by atoms with Crippen LogP contribution in [0.15, 0.2) is 59.0 Å². The minimum absolute atomic E-state index is 0.666.